The van der Waals surface area contributed by atoms with Gasteiger partial charge in [-0.1, -0.05) is 44.2 Å². The van der Waals surface area contributed by atoms with Crippen molar-refractivity contribution >= 4 is 46.1 Å². The van der Waals surface area contributed by atoms with Crippen molar-refractivity contribution in [3.63, 3.8) is 0 Å². The Kier molecular flexibility index (Phi) is 8.33. The molecule has 0 fully saturated rings. The van der Waals surface area contributed by atoms with Crippen molar-refractivity contribution in [3.05, 3.63) is 81.0 Å². The first-order valence-corrected chi connectivity index (χ1v) is 12.8. The summed E-state index contributed by atoms with van der Waals surface area (Å²) in [6, 6.07) is 12.9. The fourth-order valence-corrected chi connectivity index (χ4v) is 4.47. The first kappa shape index (κ1) is 27.4. The van der Waals surface area contributed by atoms with E-state index in [1.165, 1.54) is 19.1 Å². The van der Waals surface area contributed by atoms with Crippen LogP contribution < -0.4 is 10.6 Å². The largest absolute Gasteiger partial charge is 0.449 e. The number of amides is 3. The number of nitro benzene ring substituents is 1. The topological polar surface area (TPSA) is 141 Å². The van der Waals surface area contributed by atoms with E-state index in [9.17, 15) is 24.5 Å². The zero-order valence-electron chi connectivity index (χ0n) is 22.0. The number of urea groups is 1. The predicted molar refractivity (Wildman–Crippen MR) is 147 cm³/mol. The second kappa shape index (κ2) is 11.8. The summed E-state index contributed by atoms with van der Waals surface area (Å²) in [5.74, 6) is -1.21. The highest BCUT2D eigenvalue weighted by Crippen LogP contribution is 2.36. The van der Waals surface area contributed by atoms with Crippen LogP contribution in [0.15, 0.2) is 48.5 Å². The third-order valence-corrected chi connectivity index (χ3v) is 6.36. The number of aromatic nitrogens is 1. The number of hydrogen-bond acceptors (Lipinski definition) is 7. The summed E-state index contributed by atoms with van der Waals surface area (Å²) in [4.78, 5) is 53.7. The Morgan fingerprint density at radius 2 is 1.87 bits per heavy atom. The zero-order chi connectivity index (χ0) is 28.1. The summed E-state index contributed by atoms with van der Waals surface area (Å²) < 4.78 is 5.54. The number of nitro groups is 1. The molecule has 0 spiro atoms. The van der Waals surface area contributed by atoms with E-state index in [1.54, 1.807) is 30.3 Å². The summed E-state index contributed by atoms with van der Waals surface area (Å²) >= 11 is 0. The number of carbonyl (C=O) groups excluding carboxylic acids is 3. The van der Waals surface area contributed by atoms with Gasteiger partial charge in [-0.15, -0.1) is 0 Å². The standard InChI is InChI=1S/C29H30N4O6/c1-17(2)16-30-29(36)32-27(34)18(3)39-28(35)25-22-11-4-5-13-24(22)31-26-20(9-7-12-23(25)26)14-19-8-6-10-21(15-19)33(37)38/h4-6,8,10-11,13-15,17-18H,7,9,12,16H2,1-3H3,(H2,30,32,34,36)/b20-14-. The van der Waals surface area contributed by atoms with Gasteiger partial charge < -0.3 is 10.1 Å². The molecule has 0 aliphatic heterocycles. The lowest BCUT2D eigenvalue weighted by molar-refractivity contribution is -0.384. The smallest absolute Gasteiger partial charge is 0.339 e. The molecular weight excluding hydrogens is 500 g/mol. The van der Waals surface area contributed by atoms with Crippen LogP contribution in [0, 0.1) is 16.0 Å². The van der Waals surface area contributed by atoms with Gasteiger partial charge in [0, 0.05) is 24.1 Å². The average Bonchev–Trinajstić information content (AvgIpc) is 2.90. The van der Waals surface area contributed by atoms with Crippen LogP contribution in [0.5, 0.6) is 0 Å². The number of carbonyl (C=O) groups is 3. The molecule has 2 N–H and O–H groups in total. The van der Waals surface area contributed by atoms with E-state index >= 15 is 0 Å². The monoisotopic (exact) mass is 530 g/mol. The molecule has 202 valence electrons. The lowest BCUT2D eigenvalue weighted by atomic mass is 9.86. The Hall–Kier alpha value is -4.60. The third kappa shape index (κ3) is 6.46. The molecule has 39 heavy (non-hydrogen) atoms. The highest BCUT2D eigenvalue weighted by molar-refractivity contribution is 6.07. The Morgan fingerprint density at radius 3 is 2.62 bits per heavy atom. The quantitative estimate of drug-likeness (QED) is 0.247. The van der Waals surface area contributed by atoms with Gasteiger partial charge in [-0.3, -0.25) is 20.2 Å². The molecule has 3 aromatic rings. The van der Waals surface area contributed by atoms with E-state index in [4.69, 9.17) is 9.72 Å². The SMILES string of the molecule is CC(C)CNC(=O)NC(=O)C(C)OC(=O)c1c2c(nc3ccccc13)/C(=C\c1cccc([N+](=O)[O-])c1)CCC2. The molecule has 0 saturated carbocycles. The fraction of sp³-hybridized carbons (Fsp3) is 0.310. The van der Waals surface area contributed by atoms with Crippen molar-refractivity contribution < 1.29 is 24.0 Å². The molecule has 10 nitrogen and oxygen atoms in total. The van der Waals surface area contributed by atoms with Crippen molar-refractivity contribution in [2.75, 3.05) is 6.54 Å². The van der Waals surface area contributed by atoms with Crippen molar-refractivity contribution in [2.45, 2.75) is 46.1 Å². The molecule has 1 unspecified atom stereocenters. The second-order valence-electron chi connectivity index (χ2n) is 9.85. The van der Waals surface area contributed by atoms with E-state index in [1.807, 2.05) is 26.0 Å². The Morgan fingerprint density at radius 1 is 1.10 bits per heavy atom. The summed E-state index contributed by atoms with van der Waals surface area (Å²) in [6.45, 7) is 5.66. The van der Waals surface area contributed by atoms with Crippen molar-refractivity contribution in [1.29, 1.82) is 0 Å². The zero-order valence-corrected chi connectivity index (χ0v) is 22.0. The molecule has 2 aromatic carbocycles. The minimum absolute atomic E-state index is 0.0127. The van der Waals surface area contributed by atoms with E-state index in [0.717, 1.165) is 12.0 Å². The van der Waals surface area contributed by atoms with Gasteiger partial charge in [-0.25, -0.2) is 14.6 Å². The third-order valence-electron chi connectivity index (χ3n) is 6.36. The van der Waals surface area contributed by atoms with E-state index in [0.29, 0.717) is 52.7 Å². The van der Waals surface area contributed by atoms with Gasteiger partial charge >= 0.3 is 12.0 Å². The first-order valence-electron chi connectivity index (χ1n) is 12.8. The number of allylic oxidation sites excluding steroid dienone is 1. The summed E-state index contributed by atoms with van der Waals surface area (Å²) in [5.41, 5.74) is 3.73. The summed E-state index contributed by atoms with van der Waals surface area (Å²) in [5, 5.41) is 16.6. The van der Waals surface area contributed by atoms with E-state index < -0.39 is 28.9 Å². The molecule has 0 bridgehead atoms. The van der Waals surface area contributed by atoms with Crippen LogP contribution in [0.1, 0.15) is 60.8 Å². The Bertz CT molecular complexity index is 1480. The predicted octanol–water partition coefficient (Wildman–Crippen LogP) is 5.05. The number of nitrogens with one attached hydrogen (secondary N) is 2. The molecule has 1 heterocycles. The minimum atomic E-state index is -1.21. The number of non-ortho nitro benzene ring substituents is 1. The maximum Gasteiger partial charge on any atom is 0.339 e. The van der Waals surface area contributed by atoms with Crippen molar-refractivity contribution in [3.8, 4) is 0 Å². The molecule has 10 heteroatoms. The van der Waals surface area contributed by atoms with Crippen LogP contribution >= 0.6 is 0 Å². The minimum Gasteiger partial charge on any atom is -0.449 e. The van der Waals surface area contributed by atoms with Crippen LogP contribution in [-0.4, -0.2) is 40.5 Å². The maximum absolute atomic E-state index is 13.5. The number of imide groups is 1. The van der Waals surface area contributed by atoms with Gasteiger partial charge in [-0.05, 0) is 60.9 Å². The Labute approximate surface area is 225 Å². The average molecular weight is 531 g/mol. The second-order valence-corrected chi connectivity index (χ2v) is 9.85. The number of para-hydroxylation sites is 1. The van der Waals surface area contributed by atoms with E-state index in [2.05, 4.69) is 10.6 Å². The molecule has 1 aliphatic carbocycles. The number of esters is 1. The number of nitrogens with zero attached hydrogens (tertiary/aromatic N) is 2. The number of rotatable bonds is 7. The molecule has 4 rings (SSSR count). The molecule has 1 aromatic heterocycles. The lowest BCUT2D eigenvalue weighted by Crippen LogP contribution is -2.45. The van der Waals surface area contributed by atoms with Crippen molar-refractivity contribution in [1.82, 2.24) is 15.6 Å². The normalized spacial score (nSPS) is 14.5. The number of hydrogen-bond donors (Lipinski definition) is 2. The molecule has 1 atom stereocenters. The number of pyridine rings is 1. The highest BCUT2D eigenvalue weighted by atomic mass is 16.6. The number of fused-ring (bicyclic) bond motifs is 2. The van der Waals surface area contributed by atoms with Gasteiger partial charge in [0.05, 0.1) is 21.7 Å². The molecule has 1 aliphatic rings. The molecule has 3 amide bonds. The van der Waals surface area contributed by atoms with Gasteiger partial charge in [0.1, 0.15) is 0 Å². The van der Waals surface area contributed by atoms with Crippen LogP contribution in [-0.2, 0) is 16.0 Å². The summed E-state index contributed by atoms with van der Waals surface area (Å²) in [7, 11) is 0. The van der Waals surface area contributed by atoms with Gasteiger partial charge in [-0.2, -0.15) is 0 Å². The fourth-order valence-electron chi connectivity index (χ4n) is 4.47. The van der Waals surface area contributed by atoms with Crippen LogP contribution in [0.25, 0.3) is 22.6 Å². The number of benzene rings is 2. The first-order chi connectivity index (χ1) is 18.6. The lowest BCUT2D eigenvalue weighted by Gasteiger charge is -2.23. The Balaban J connectivity index is 1.66. The highest BCUT2D eigenvalue weighted by Gasteiger charge is 2.28. The number of ether oxygens (including phenoxy) is 1. The van der Waals surface area contributed by atoms with Gasteiger partial charge in [0.15, 0.2) is 6.10 Å². The van der Waals surface area contributed by atoms with Crippen LogP contribution in [0.4, 0.5) is 10.5 Å². The maximum atomic E-state index is 13.5. The van der Waals surface area contributed by atoms with Gasteiger partial charge in [0.2, 0.25) is 0 Å². The molecule has 0 radical (unpaired) electrons. The van der Waals surface area contributed by atoms with Crippen molar-refractivity contribution in [2.24, 2.45) is 5.92 Å². The van der Waals surface area contributed by atoms with Crippen LogP contribution in [0.2, 0.25) is 0 Å². The van der Waals surface area contributed by atoms with Gasteiger partial charge in [0.25, 0.3) is 11.6 Å². The molecule has 0 saturated heterocycles. The van der Waals surface area contributed by atoms with Crippen LogP contribution in [0.3, 0.4) is 0 Å². The molecular formula is C29H30N4O6. The van der Waals surface area contributed by atoms with E-state index in [-0.39, 0.29) is 11.6 Å². The summed E-state index contributed by atoms with van der Waals surface area (Å²) in [6.07, 6.45) is 2.63.